The second kappa shape index (κ2) is 2.79. The number of rotatable bonds is 0. The Morgan fingerprint density at radius 1 is 1.64 bits per heavy atom. The zero-order valence-corrected chi connectivity index (χ0v) is 8.92. The van der Waals surface area contributed by atoms with Gasteiger partial charge in [0.2, 0.25) is 0 Å². The van der Waals surface area contributed by atoms with Crippen molar-refractivity contribution in [1.29, 1.82) is 0 Å². The normalized spacial score (nSPS) is 38.0. The van der Waals surface area contributed by atoms with E-state index < -0.39 is 3.55 Å². The van der Waals surface area contributed by atoms with Crippen molar-refractivity contribution >= 4 is 22.6 Å². The van der Waals surface area contributed by atoms with Crippen LogP contribution in [0.5, 0.6) is 0 Å². The summed E-state index contributed by atoms with van der Waals surface area (Å²) in [7, 11) is 0. The van der Waals surface area contributed by atoms with Crippen molar-refractivity contribution in [3.63, 3.8) is 0 Å². The molecule has 0 saturated heterocycles. The first-order chi connectivity index (χ1) is 4.96. The summed E-state index contributed by atoms with van der Waals surface area (Å²) in [5, 5.41) is 0. The molecule has 0 aromatic rings. The fourth-order valence-corrected chi connectivity index (χ4v) is 1.70. The van der Waals surface area contributed by atoms with Crippen molar-refractivity contribution < 1.29 is 0 Å². The Hall–Kier alpha value is -0.0300. The standard InChI is InChI=1S/C8H13IN2/c1-5-3-4-6(2)8(9,11)7(5)10/h3-4,6H,10-11H2,1-2H3. The highest BCUT2D eigenvalue weighted by Crippen LogP contribution is 2.34. The molecule has 0 aromatic carbocycles. The third-order valence-electron chi connectivity index (χ3n) is 2.14. The van der Waals surface area contributed by atoms with Gasteiger partial charge in [0, 0.05) is 11.6 Å². The third kappa shape index (κ3) is 1.44. The molecule has 0 heterocycles. The Morgan fingerprint density at radius 2 is 2.18 bits per heavy atom. The average molecular weight is 264 g/mol. The van der Waals surface area contributed by atoms with E-state index in [2.05, 4.69) is 35.6 Å². The monoisotopic (exact) mass is 264 g/mol. The molecular formula is C8H13IN2. The van der Waals surface area contributed by atoms with Crippen LogP contribution < -0.4 is 11.5 Å². The minimum atomic E-state index is -0.392. The van der Waals surface area contributed by atoms with Crippen LogP contribution in [-0.4, -0.2) is 3.55 Å². The fourth-order valence-electron chi connectivity index (χ4n) is 1.07. The van der Waals surface area contributed by atoms with Crippen LogP contribution in [0.2, 0.25) is 0 Å². The van der Waals surface area contributed by atoms with Crippen LogP contribution in [0.15, 0.2) is 23.4 Å². The van der Waals surface area contributed by atoms with Crippen molar-refractivity contribution in [2.45, 2.75) is 17.4 Å². The van der Waals surface area contributed by atoms with Gasteiger partial charge >= 0.3 is 0 Å². The molecule has 0 bridgehead atoms. The van der Waals surface area contributed by atoms with Gasteiger partial charge in [-0.05, 0) is 12.5 Å². The molecular weight excluding hydrogens is 251 g/mol. The Morgan fingerprint density at radius 3 is 2.64 bits per heavy atom. The van der Waals surface area contributed by atoms with Gasteiger partial charge in [0.15, 0.2) is 0 Å². The molecule has 4 N–H and O–H groups in total. The number of nitrogens with two attached hydrogens (primary N) is 2. The van der Waals surface area contributed by atoms with Crippen LogP contribution in [0.3, 0.4) is 0 Å². The summed E-state index contributed by atoms with van der Waals surface area (Å²) in [5.41, 5.74) is 13.7. The molecule has 2 atom stereocenters. The molecule has 2 unspecified atom stereocenters. The first-order valence-corrected chi connectivity index (χ1v) is 4.67. The highest BCUT2D eigenvalue weighted by Gasteiger charge is 2.32. The molecule has 1 rings (SSSR count). The predicted octanol–water partition coefficient (Wildman–Crippen LogP) is 1.52. The van der Waals surface area contributed by atoms with Crippen molar-refractivity contribution in [2.75, 3.05) is 0 Å². The quantitative estimate of drug-likeness (QED) is 0.396. The van der Waals surface area contributed by atoms with Crippen LogP contribution in [0, 0.1) is 5.92 Å². The van der Waals surface area contributed by atoms with E-state index in [1.54, 1.807) is 0 Å². The summed E-state index contributed by atoms with van der Waals surface area (Å²) in [6.07, 6.45) is 4.13. The maximum absolute atomic E-state index is 6.01. The first kappa shape index (κ1) is 9.06. The van der Waals surface area contributed by atoms with E-state index in [1.165, 1.54) is 0 Å². The lowest BCUT2D eigenvalue weighted by Crippen LogP contribution is -2.45. The predicted molar refractivity (Wildman–Crippen MR) is 56.1 cm³/mol. The molecule has 0 radical (unpaired) electrons. The molecule has 0 saturated carbocycles. The van der Waals surface area contributed by atoms with Crippen LogP contribution >= 0.6 is 22.6 Å². The minimum absolute atomic E-state index is 0.312. The van der Waals surface area contributed by atoms with Crippen LogP contribution in [-0.2, 0) is 0 Å². The second-order valence-corrected chi connectivity index (χ2v) is 4.80. The van der Waals surface area contributed by atoms with E-state index in [9.17, 15) is 0 Å². The Kier molecular flexibility index (Phi) is 2.29. The summed E-state index contributed by atoms with van der Waals surface area (Å²) in [4.78, 5) is 0. The average Bonchev–Trinajstić information content (AvgIpc) is 1.95. The van der Waals surface area contributed by atoms with Crippen molar-refractivity contribution in [3.05, 3.63) is 23.4 Å². The van der Waals surface area contributed by atoms with E-state index >= 15 is 0 Å². The van der Waals surface area contributed by atoms with Crippen molar-refractivity contribution in [2.24, 2.45) is 17.4 Å². The van der Waals surface area contributed by atoms with E-state index in [0.29, 0.717) is 5.92 Å². The van der Waals surface area contributed by atoms with Gasteiger partial charge in [-0.3, -0.25) is 0 Å². The lowest BCUT2D eigenvalue weighted by atomic mass is 9.91. The summed E-state index contributed by atoms with van der Waals surface area (Å²) in [5.74, 6) is 0.312. The highest BCUT2D eigenvalue weighted by atomic mass is 127. The molecule has 3 heteroatoms. The topological polar surface area (TPSA) is 52.0 Å². The van der Waals surface area contributed by atoms with Crippen LogP contribution in [0.4, 0.5) is 0 Å². The molecule has 2 nitrogen and oxygen atoms in total. The second-order valence-electron chi connectivity index (χ2n) is 3.01. The van der Waals surface area contributed by atoms with Crippen molar-refractivity contribution in [1.82, 2.24) is 0 Å². The van der Waals surface area contributed by atoms with Gasteiger partial charge in [-0.2, -0.15) is 0 Å². The van der Waals surface area contributed by atoms with Crippen molar-refractivity contribution in [3.8, 4) is 0 Å². The molecule has 0 amide bonds. The van der Waals surface area contributed by atoms with Gasteiger partial charge in [0.1, 0.15) is 3.55 Å². The molecule has 1 aliphatic carbocycles. The van der Waals surface area contributed by atoms with E-state index in [4.69, 9.17) is 11.5 Å². The molecule has 1 aliphatic rings. The lowest BCUT2D eigenvalue weighted by molar-refractivity contribution is 0.563. The zero-order chi connectivity index (χ0) is 8.65. The van der Waals surface area contributed by atoms with Gasteiger partial charge in [-0.15, -0.1) is 0 Å². The van der Waals surface area contributed by atoms with Crippen LogP contribution in [0.1, 0.15) is 13.8 Å². The Labute approximate surface area is 80.9 Å². The van der Waals surface area contributed by atoms with Gasteiger partial charge < -0.3 is 11.5 Å². The number of hydrogen-bond acceptors (Lipinski definition) is 2. The third-order valence-corrected chi connectivity index (χ3v) is 3.70. The van der Waals surface area contributed by atoms with Gasteiger partial charge in [0.25, 0.3) is 0 Å². The molecule has 0 aliphatic heterocycles. The molecule has 0 aromatic heterocycles. The number of halogens is 1. The van der Waals surface area contributed by atoms with E-state index in [0.717, 1.165) is 11.3 Å². The van der Waals surface area contributed by atoms with Gasteiger partial charge in [0.05, 0.1) is 0 Å². The zero-order valence-electron chi connectivity index (χ0n) is 6.76. The Bertz CT molecular complexity index is 228. The summed E-state index contributed by atoms with van der Waals surface area (Å²) in [6, 6.07) is 0. The van der Waals surface area contributed by atoms with E-state index in [-0.39, 0.29) is 0 Å². The SMILES string of the molecule is CC1=C(N)C(N)(I)C(C)C=C1. The maximum atomic E-state index is 6.01. The van der Waals surface area contributed by atoms with Gasteiger partial charge in [-0.25, -0.2) is 0 Å². The van der Waals surface area contributed by atoms with Crippen LogP contribution in [0.25, 0.3) is 0 Å². The number of alkyl halides is 1. The smallest absolute Gasteiger partial charge is 0.114 e. The summed E-state index contributed by atoms with van der Waals surface area (Å²) >= 11 is 2.20. The summed E-state index contributed by atoms with van der Waals surface area (Å²) < 4.78 is -0.392. The van der Waals surface area contributed by atoms with Gasteiger partial charge in [-0.1, -0.05) is 41.7 Å². The fraction of sp³-hybridized carbons (Fsp3) is 0.500. The first-order valence-electron chi connectivity index (χ1n) is 3.59. The molecule has 0 fully saturated rings. The molecule has 0 spiro atoms. The highest BCUT2D eigenvalue weighted by molar-refractivity contribution is 14.1. The Balaban J connectivity index is 3.07. The minimum Gasteiger partial charge on any atom is -0.400 e. The lowest BCUT2D eigenvalue weighted by Gasteiger charge is -2.32. The largest absolute Gasteiger partial charge is 0.400 e. The molecule has 11 heavy (non-hydrogen) atoms. The maximum Gasteiger partial charge on any atom is 0.114 e. The summed E-state index contributed by atoms with van der Waals surface area (Å²) in [6.45, 7) is 4.06. The number of hydrogen-bond donors (Lipinski definition) is 2. The number of allylic oxidation sites excluding steroid dienone is 2. The van der Waals surface area contributed by atoms with E-state index in [1.807, 2.05) is 13.0 Å². The molecule has 62 valence electrons.